The molecule has 1 saturated heterocycles. The number of likely N-dealkylation sites (tertiary alicyclic amines) is 1. The van der Waals surface area contributed by atoms with Gasteiger partial charge >= 0.3 is 0 Å². The Labute approximate surface area is 146 Å². The van der Waals surface area contributed by atoms with Crippen LogP contribution < -0.4 is 5.32 Å². The van der Waals surface area contributed by atoms with E-state index in [0.29, 0.717) is 23.7 Å². The van der Waals surface area contributed by atoms with Crippen molar-refractivity contribution in [2.45, 2.75) is 24.7 Å². The maximum atomic E-state index is 12.5. The highest BCUT2D eigenvalue weighted by molar-refractivity contribution is 7.90. The standard InChI is InChI=1S/C17H19N3O4S/c1-12-8-9-15(24-12)17(21)18-13-5-3-6-14(11-13)25(22,23)19-16-7-4-10-20(16)2/h3,5-6,8-9,11H,4,7,10H2,1-2H3,(H,18,21)/b19-16+. The van der Waals surface area contributed by atoms with Crippen molar-refractivity contribution in [1.82, 2.24) is 4.90 Å². The Bertz CT molecular complexity index is 931. The summed E-state index contributed by atoms with van der Waals surface area (Å²) in [5, 5.41) is 2.63. The average Bonchev–Trinajstić information content (AvgIpc) is 3.16. The van der Waals surface area contributed by atoms with E-state index in [1.165, 1.54) is 12.1 Å². The van der Waals surface area contributed by atoms with E-state index in [4.69, 9.17) is 4.42 Å². The zero-order chi connectivity index (χ0) is 18.0. The first-order chi connectivity index (χ1) is 11.8. The number of nitrogens with one attached hydrogen (secondary N) is 1. The molecule has 132 valence electrons. The molecule has 1 aliphatic rings. The Morgan fingerprint density at radius 2 is 2.08 bits per heavy atom. The number of benzene rings is 1. The van der Waals surface area contributed by atoms with Gasteiger partial charge in [-0.05, 0) is 43.7 Å². The Kier molecular flexibility index (Phi) is 4.63. The van der Waals surface area contributed by atoms with Crippen LogP contribution in [0, 0.1) is 6.92 Å². The van der Waals surface area contributed by atoms with Gasteiger partial charge in [0.05, 0.1) is 4.90 Å². The number of hydrogen-bond donors (Lipinski definition) is 1. The summed E-state index contributed by atoms with van der Waals surface area (Å²) in [5.74, 6) is 0.904. The number of anilines is 1. The zero-order valence-electron chi connectivity index (χ0n) is 14.0. The van der Waals surface area contributed by atoms with Crippen LogP contribution in [-0.4, -0.2) is 38.7 Å². The molecule has 25 heavy (non-hydrogen) atoms. The number of carbonyl (C=O) groups excluding carboxylic acids is 1. The predicted molar refractivity (Wildman–Crippen MR) is 94.3 cm³/mol. The molecule has 1 aromatic heterocycles. The fourth-order valence-electron chi connectivity index (χ4n) is 2.58. The average molecular weight is 361 g/mol. The summed E-state index contributed by atoms with van der Waals surface area (Å²) in [4.78, 5) is 14.0. The monoisotopic (exact) mass is 361 g/mol. The lowest BCUT2D eigenvalue weighted by molar-refractivity contribution is 0.0995. The molecule has 3 rings (SSSR count). The number of furan rings is 1. The van der Waals surface area contributed by atoms with E-state index in [1.807, 2.05) is 11.9 Å². The van der Waals surface area contributed by atoms with Gasteiger partial charge in [-0.1, -0.05) is 6.07 Å². The van der Waals surface area contributed by atoms with Crippen molar-refractivity contribution in [2.75, 3.05) is 18.9 Å². The highest BCUT2D eigenvalue weighted by atomic mass is 32.2. The minimum absolute atomic E-state index is 0.0359. The molecule has 1 aliphatic heterocycles. The van der Waals surface area contributed by atoms with E-state index in [1.54, 1.807) is 31.2 Å². The van der Waals surface area contributed by atoms with Crippen LogP contribution in [0.4, 0.5) is 5.69 Å². The number of amidine groups is 1. The number of amides is 1. The lowest BCUT2D eigenvalue weighted by Crippen LogP contribution is -2.20. The third-order valence-electron chi connectivity index (χ3n) is 3.91. The van der Waals surface area contributed by atoms with Gasteiger partial charge in [-0.25, -0.2) is 0 Å². The summed E-state index contributed by atoms with van der Waals surface area (Å²) in [7, 11) is -2.00. The minimum atomic E-state index is -3.82. The highest BCUT2D eigenvalue weighted by Gasteiger charge is 2.21. The Morgan fingerprint density at radius 3 is 2.72 bits per heavy atom. The second kappa shape index (κ2) is 6.72. The molecular weight excluding hydrogens is 342 g/mol. The quantitative estimate of drug-likeness (QED) is 0.904. The number of carbonyl (C=O) groups is 1. The van der Waals surface area contributed by atoms with Crippen LogP contribution in [0.5, 0.6) is 0 Å². The first-order valence-electron chi connectivity index (χ1n) is 7.88. The summed E-state index contributed by atoms with van der Waals surface area (Å²) in [6.07, 6.45) is 1.54. The fourth-order valence-corrected chi connectivity index (χ4v) is 3.72. The molecule has 1 amide bonds. The van der Waals surface area contributed by atoms with Gasteiger partial charge in [0.15, 0.2) is 5.76 Å². The van der Waals surface area contributed by atoms with Crippen LogP contribution in [-0.2, 0) is 10.0 Å². The maximum Gasteiger partial charge on any atom is 0.291 e. The van der Waals surface area contributed by atoms with E-state index in [2.05, 4.69) is 9.71 Å². The normalized spacial score (nSPS) is 16.4. The molecule has 0 atom stereocenters. The molecule has 0 saturated carbocycles. The van der Waals surface area contributed by atoms with Gasteiger partial charge in [0.2, 0.25) is 0 Å². The molecule has 0 bridgehead atoms. The van der Waals surface area contributed by atoms with E-state index >= 15 is 0 Å². The van der Waals surface area contributed by atoms with Crippen molar-refractivity contribution in [3.8, 4) is 0 Å². The Balaban J connectivity index is 1.82. The smallest absolute Gasteiger partial charge is 0.291 e. The molecule has 0 aliphatic carbocycles. The molecule has 1 fully saturated rings. The zero-order valence-corrected chi connectivity index (χ0v) is 14.8. The second-order valence-electron chi connectivity index (χ2n) is 5.90. The Morgan fingerprint density at radius 1 is 1.28 bits per heavy atom. The van der Waals surface area contributed by atoms with E-state index in [0.717, 1.165) is 13.0 Å². The summed E-state index contributed by atoms with van der Waals surface area (Å²) < 4.78 is 34.2. The molecule has 0 unspecified atom stereocenters. The third-order valence-corrected chi connectivity index (χ3v) is 5.21. The SMILES string of the molecule is Cc1ccc(C(=O)Nc2cccc(S(=O)(=O)/N=C3\CCCN3C)c2)o1. The first-order valence-corrected chi connectivity index (χ1v) is 9.32. The fraction of sp³-hybridized carbons (Fsp3) is 0.294. The summed E-state index contributed by atoms with van der Waals surface area (Å²) in [6, 6.07) is 9.27. The second-order valence-corrected chi connectivity index (χ2v) is 7.50. The topological polar surface area (TPSA) is 92.0 Å². The number of sulfonamides is 1. The maximum absolute atomic E-state index is 12.5. The predicted octanol–water partition coefficient (Wildman–Crippen LogP) is 2.65. The van der Waals surface area contributed by atoms with Crippen LogP contribution >= 0.6 is 0 Å². The molecule has 2 heterocycles. The van der Waals surface area contributed by atoms with Gasteiger partial charge in [-0.15, -0.1) is 4.40 Å². The van der Waals surface area contributed by atoms with Crippen LogP contribution in [0.3, 0.4) is 0 Å². The van der Waals surface area contributed by atoms with Gasteiger partial charge in [0.25, 0.3) is 15.9 Å². The first kappa shape index (κ1) is 17.2. The number of nitrogens with zero attached hydrogens (tertiary/aromatic N) is 2. The van der Waals surface area contributed by atoms with Gasteiger partial charge in [-0.2, -0.15) is 8.42 Å². The van der Waals surface area contributed by atoms with Crippen molar-refractivity contribution >= 4 is 27.5 Å². The molecule has 8 heteroatoms. The molecule has 0 radical (unpaired) electrons. The molecule has 1 aromatic carbocycles. The number of aryl methyl sites for hydroxylation is 1. The van der Waals surface area contributed by atoms with Crippen LogP contribution in [0.1, 0.15) is 29.2 Å². The summed E-state index contributed by atoms with van der Waals surface area (Å²) in [6.45, 7) is 2.54. The van der Waals surface area contributed by atoms with Crippen LogP contribution in [0.25, 0.3) is 0 Å². The van der Waals surface area contributed by atoms with E-state index in [-0.39, 0.29) is 10.7 Å². The molecule has 0 spiro atoms. The van der Waals surface area contributed by atoms with Crippen molar-refractivity contribution < 1.29 is 17.6 Å². The van der Waals surface area contributed by atoms with Gasteiger partial charge in [0, 0.05) is 25.7 Å². The van der Waals surface area contributed by atoms with Crippen LogP contribution in [0.15, 0.2) is 50.1 Å². The van der Waals surface area contributed by atoms with E-state index < -0.39 is 15.9 Å². The van der Waals surface area contributed by atoms with Crippen molar-refractivity contribution in [1.29, 1.82) is 0 Å². The van der Waals surface area contributed by atoms with E-state index in [9.17, 15) is 13.2 Å². The summed E-state index contributed by atoms with van der Waals surface area (Å²) >= 11 is 0. The molecule has 7 nitrogen and oxygen atoms in total. The molecular formula is C17H19N3O4S. The molecule has 1 N–H and O–H groups in total. The molecule has 2 aromatic rings. The number of rotatable bonds is 4. The lowest BCUT2D eigenvalue weighted by atomic mass is 10.3. The lowest BCUT2D eigenvalue weighted by Gasteiger charge is -2.11. The van der Waals surface area contributed by atoms with Gasteiger partial charge in [-0.3, -0.25) is 4.79 Å². The number of hydrogen-bond acceptors (Lipinski definition) is 4. The third kappa shape index (κ3) is 3.90. The highest BCUT2D eigenvalue weighted by Crippen LogP contribution is 2.20. The minimum Gasteiger partial charge on any atom is -0.456 e. The summed E-state index contributed by atoms with van der Waals surface area (Å²) in [5.41, 5.74) is 0.361. The largest absolute Gasteiger partial charge is 0.456 e. The van der Waals surface area contributed by atoms with Crippen molar-refractivity contribution in [3.05, 3.63) is 47.9 Å². The van der Waals surface area contributed by atoms with Crippen LogP contribution in [0.2, 0.25) is 0 Å². The van der Waals surface area contributed by atoms with Gasteiger partial charge in [0.1, 0.15) is 11.6 Å². The van der Waals surface area contributed by atoms with Gasteiger partial charge < -0.3 is 14.6 Å². The Hall–Kier alpha value is -2.61. The van der Waals surface area contributed by atoms with Crippen molar-refractivity contribution in [2.24, 2.45) is 4.40 Å². The van der Waals surface area contributed by atoms with Crippen molar-refractivity contribution in [3.63, 3.8) is 0 Å².